The fourth-order valence-electron chi connectivity index (χ4n) is 3.50. The van der Waals surface area contributed by atoms with Gasteiger partial charge in [0.05, 0.1) is 16.8 Å². The Morgan fingerprint density at radius 1 is 1.10 bits per heavy atom. The van der Waals surface area contributed by atoms with Crippen LogP contribution in [0.2, 0.25) is 5.02 Å². The van der Waals surface area contributed by atoms with Gasteiger partial charge in [-0.05, 0) is 60.9 Å². The molecule has 0 aromatic heterocycles. The van der Waals surface area contributed by atoms with Gasteiger partial charge in [-0.2, -0.15) is 0 Å². The van der Waals surface area contributed by atoms with Crippen molar-refractivity contribution in [3.8, 4) is 0 Å². The minimum atomic E-state index is -3.73. The van der Waals surface area contributed by atoms with Crippen LogP contribution in [0.5, 0.6) is 0 Å². The van der Waals surface area contributed by atoms with Gasteiger partial charge in [-0.15, -0.1) is 0 Å². The number of anilines is 2. The zero-order valence-electron chi connectivity index (χ0n) is 17.7. The molecule has 1 aliphatic rings. The quantitative estimate of drug-likeness (QED) is 0.625. The summed E-state index contributed by atoms with van der Waals surface area (Å²) in [4.78, 5) is 14.7. The molecule has 0 bridgehead atoms. The molecule has 0 radical (unpaired) electrons. The molecule has 0 aliphatic carbocycles. The largest absolute Gasteiger partial charge is 0.310 e. The van der Waals surface area contributed by atoms with Crippen molar-refractivity contribution in [2.75, 3.05) is 42.6 Å². The van der Waals surface area contributed by atoms with Crippen molar-refractivity contribution in [2.45, 2.75) is 18.2 Å². The average Bonchev–Trinajstić information content (AvgIpc) is 3.09. The van der Waals surface area contributed by atoms with E-state index in [1.807, 2.05) is 0 Å². The van der Waals surface area contributed by atoms with E-state index in [4.69, 9.17) is 11.6 Å². The summed E-state index contributed by atoms with van der Waals surface area (Å²) in [5.74, 6) is -0.401. The van der Waals surface area contributed by atoms with Crippen molar-refractivity contribution < 1.29 is 21.6 Å². The minimum absolute atomic E-state index is 0.153. The molecule has 31 heavy (non-hydrogen) atoms. The Balaban J connectivity index is 1.91. The Bertz CT molecular complexity index is 1240. The SMILES string of the molecule is Cc1cc(Cl)ccc1N(CC(=O)N1CCc2cc(S(=O)(=O)N(C)C)ccc21)S(C)(=O)=O. The first-order valence-electron chi connectivity index (χ1n) is 9.42. The van der Waals surface area contributed by atoms with E-state index in [0.29, 0.717) is 34.9 Å². The van der Waals surface area contributed by atoms with Crippen LogP contribution < -0.4 is 9.21 Å². The van der Waals surface area contributed by atoms with Crippen molar-refractivity contribution in [3.05, 3.63) is 52.5 Å². The van der Waals surface area contributed by atoms with E-state index in [-0.39, 0.29) is 11.4 Å². The topological polar surface area (TPSA) is 95.1 Å². The van der Waals surface area contributed by atoms with Crippen LogP contribution in [-0.4, -0.2) is 60.5 Å². The van der Waals surface area contributed by atoms with Crippen LogP contribution in [-0.2, 0) is 31.3 Å². The fraction of sp³-hybridized carbons (Fsp3) is 0.350. The lowest BCUT2D eigenvalue weighted by molar-refractivity contribution is -0.117. The van der Waals surface area contributed by atoms with Crippen molar-refractivity contribution in [1.29, 1.82) is 0 Å². The third-order valence-corrected chi connectivity index (χ3v) is 8.31. The highest BCUT2D eigenvalue weighted by atomic mass is 35.5. The third-order valence-electron chi connectivity index (χ3n) is 5.13. The molecule has 1 heterocycles. The van der Waals surface area contributed by atoms with E-state index in [0.717, 1.165) is 20.4 Å². The Labute approximate surface area is 188 Å². The molecule has 0 fully saturated rings. The summed E-state index contributed by atoms with van der Waals surface area (Å²) >= 11 is 5.98. The van der Waals surface area contributed by atoms with Crippen LogP contribution in [0.25, 0.3) is 0 Å². The molecule has 1 aliphatic heterocycles. The number of carbonyl (C=O) groups is 1. The zero-order valence-corrected chi connectivity index (χ0v) is 20.1. The first-order chi connectivity index (χ1) is 14.3. The lowest BCUT2D eigenvalue weighted by Gasteiger charge is -2.26. The number of fused-ring (bicyclic) bond motifs is 1. The molecule has 0 atom stereocenters. The minimum Gasteiger partial charge on any atom is -0.310 e. The molecule has 11 heteroatoms. The number of nitrogens with zero attached hydrogens (tertiary/aromatic N) is 3. The monoisotopic (exact) mass is 485 g/mol. The second-order valence-electron chi connectivity index (χ2n) is 7.57. The number of hydrogen-bond acceptors (Lipinski definition) is 5. The van der Waals surface area contributed by atoms with Crippen LogP contribution in [0.1, 0.15) is 11.1 Å². The highest BCUT2D eigenvalue weighted by Gasteiger charge is 2.30. The normalized spacial score (nSPS) is 14.1. The standard InChI is InChI=1S/C20H24ClN3O5S2/c1-14-11-16(21)5-7-18(14)24(30(4,26)27)13-20(25)23-10-9-15-12-17(6-8-19(15)23)31(28,29)22(2)3/h5-8,11-12H,9-10,13H2,1-4H3. The molecule has 3 rings (SSSR count). The number of aryl methyl sites for hydroxylation is 1. The maximum absolute atomic E-state index is 13.1. The molecule has 1 amide bonds. The van der Waals surface area contributed by atoms with Gasteiger partial charge in [-0.3, -0.25) is 9.10 Å². The highest BCUT2D eigenvalue weighted by Crippen LogP contribution is 2.32. The van der Waals surface area contributed by atoms with Gasteiger partial charge in [0.1, 0.15) is 6.54 Å². The van der Waals surface area contributed by atoms with E-state index in [1.54, 1.807) is 37.3 Å². The summed E-state index contributed by atoms with van der Waals surface area (Å²) in [5, 5.41) is 0.470. The summed E-state index contributed by atoms with van der Waals surface area (Å²) < 4.78 is 51.8. The predicted octanol–water partition coefficient (Wildman–Crippen LogP) is 2.25. The summed E-state index contributed by atoms with van der Waals surface area (Å²) in [6, 6.07) is 9.39. The molecule has 0 saturated carbocycles. The highest BCUT2D eigenvalue weighted by molar-refractivity contribution is 7.92. The van der Waals surface area contributed by atoms with Gasteiger partial charge in [0.2, 0.25) is 26.0 Å². The van der Waals surface area contributed by atoms with Crippen LogP contribution in [0.3, 0.4) is 0 Å². The molecule has 2 aromatic rings. The van der Waals surface area contributed by atoms with Crippen LogP contribution in [0.4, 0.5) is 11.4 Å². The summed E-state index contributed by atoms with van der Waals surface area (Å²) in [7, 11) is -4.41. The first kappa shape index (κ1) is 23.5. The lowest BCUT2D eigenvalue weighted by atomic mass is 10.2. The van der Waals surface area contributed by atoms with E-state index in [9.17, 15) is 21.6 Å². The lowest BCUT2D eigenvalue weighted by Crippen LogP contribution is -2.42. The number of benzene rings is 2. The van der Waals surface area contributed by atoms with Crippen LogP contribution in [0, 0.1) is 6.92 Å². The number of rotatable bonds is 6. The summed E-state index contributed by atoms with van der Waals surface area (Å²) in [6.07, 6.45) is 1.53. The molecule has 0 spiro atoms. The van der Waals surface area contributed by atoms with E-state index in [1.165, 1.54) is 25.1 Å². The number of carbonyl (C=O) groups excluding carboxylic acids is 1. The van der Waals surface area contributed by atoms with Crippen molar-refractivity contribution >= 4 is 48.9 Å². The maximum atomic E-state index is 13.1. The van der Waals surface area contributed by atoms with Crippen LogP contribution in [0.15, 0.2) is 41.3 Å². The Morgan fingerprint density at radius 3 is 2.35 bits per heavy atom. The third kappa shape index (κ3) is 4.72. The van der Waals surface area contributed by atoms with Crippen molar-refractivity contribution in [3.63, 3.8) is 0 Å². The average molecular weight is 486 g/mol. The number of sulfonamides is 2. The van der Waals surface area contributed by atoms with E-state index < -0.39 is 26.0 Å². The Kier molecular flexibility index (Phi) is 6.39. The molecule has 8 nitrogen and oxygen atoms in total. The predicted molar refractivity (Wildman–Crippen MR) is 122 cm³/mol. The number of hydrogen-bond donors (Lipinski definition) is 0. The second-order valence-corrected chi connectivity index (χ2v) is 12.1. The molecule has 0 unspecified atom stereocenters. The van der Waals surface area contributed by atoms with Gasteiger partial charge in [0.25, 0.3) is 0 Å². The summed E-state index contributed by atoms with van der Waals surface area (Å²) in [6.45, 7) is 1.69. The van der Waals surface area contributed by atoms with Gasteiger partial charge >= 0.3 is 0 Å². The number of amides is 1. The van der Waals surface area contributed by atoms with Gasteiger partial charge in [0, 0.05) is 31.4 Å². The van der Waals surface area contributed by atoms with Gasteiger partial charge in [-0.1, -0.05) is 11.6 Å². The zero-order chi connectivity index (χ0) is 23.1. The van der Waals surface area contributed by atoms with Gasteiger partial charge in [-0.25, -0.2) is 21.1 Å². The van der Waals surface area contributed by atoms with Crippen molar-refractivity contribution in [1.82, 2.24) is 4.31 Å². The first-order valence-corrected chi connectivity index (χ1v) is 13.1. The molecule has 2 aromatic carbocycles. The maximum Gasteiger partial charge on any atom is 0.247 e. The molecule has 0 N–H and O–H groups in total. The number of halogens is 1. The van der Waals surface area contributed by atoms with Crippen molar-refractivity contribution in [2.24, 2.45) is 0 Å². The second kappa shape index (κ2) is 8.42. The molecular weight excluding hydrogens is 462 g/mol. The smallest absolute Gasteiger partial charge is 0.247 e. The van der Waals surface area contributed by atoms with Gasteiger partial charge in [0.15, 0.2) is 0 Å². The molecule has 0 saturated heterocycles. The Hall–Kier alpha value is -2.14. The van der Waals surface area contributed by atoms with Gasteiger partial charge < -0.3 is 4.90 Å². The fourth-order valence-corrected chi connectivity index (χ4v) is 5.58. The molecular formula is C20H24ClN3O5S2. The molecule has 168 valence electrons. The van der Waals surface area contributed by atoms with Crippen LogP contribution >= 0.6 is 11.6 Å². The van der Waals surface area contributed by atoms with E-state index >= 15 is 0 Å². The van der Waals surface area contributed by atoms with E-state index in [2.05, 4.69) is 0 Å². The Morgan fingerprint density at radius 2 is 1.77 bits per heavy atom. The summed E-state index contributed by atoms with van der Waals surface area (Å²) in [5.41, 5.74) is 2.33.